The van der Waals surface area contributed by atoms with E-state index < -0.39 is 43.1 Å². The zero-order chi connectivity index (χ0) is 21.8. The van der Waals surface area contributed by atoms with Crippen LogP contribution in [0.5, 0.6) is 0 Å². The summed E-state index contributed by atoms with van der Waals surface area (Å²) in [6.07, 6.45) is -11.0. The third-order valence-corrected chi connectivity index (χ3v) is 4.75. The Morgan fingerprint density at radius 1 is 1.14 bits per heavy atom. The van der Waals surface area contributed by atoms with E-state index in [0.29, 0.717) is 18.9 Å². The number of halogens is 7. The molecule has 0 aromatic heterocycles. The van der Waals surface area contributed by atoms with Gasteiger partial charge in [-0.25, -0.2) is 4.39 Å². The minimum Gasteiger partial charge on any atom is -0.382 e. The fraction of sp³-hybridized carbons (Fsp3) is 0.611. The molecule has 0 radical (unpaired) electrons. The second-order valence-electron chi connectivity index (χ2n) is 7.10. The van der Waals surface area contributed by atoms with Gasteiger partial charge in [-0.1, -0.05) is 0 Å². The minimum atomic E-state index is -4.69. The van der Waals surface area contributed by atoms with Crippen LogP contribution in [-0.2, 0) is 17.6 Å². The Morgan fingerprint density at radius 2 is 1.76 bits per heavy atom. The summed E-state index contributed by atoms with van der Waals surface area (Å²) in [5, 5.41) is 11.4. The average molecular weight is 430 g/mol. The number of amides is 1. The number of benzene rings is 1. The van der Waals surface area contributed by atoms with Crippen LogP contribution in [0, 0.1) is 5.92 Å². The van der Waals surface area contributed by atoms with Gasteiger partial charge in [0.15, 0.2) is 6.10 Å². The van der Waals surface area contributed by atoms with Crippen LogP contribution in [0.4, 0.5) is 36.4 Å². The molecule has 1 amide bonds. The number of aliphatic hydroxyl groups excluding tert-OH is 1. The molecule has 11 heteroatoms. The molecule has 0 bridgehead atoms. The van der Waals surface area contributed by atoms with Crippen molar-refractivity contribution in [3.8, 4) is 0 Å². The number of rotatable bonds is 6. The first-order valence-electron chi connectivity index (χ1n) is 8.92. The van der Waals surface area contributed by atoms with Crippen molar-refractivity contribution in [1.29, 1.82) is 0 Å². The molecule has 1 fully saturated rings. The number of hydrogen-bond acceptors (Lipinski definition) is 3. The molecule has 2 N–H and O–H groups in total. The largest absolute Gasteiger partial charge is 0.416 e. The molecule has 1 heterocycles. The fourth-order valence-corrected chi connectivity index (χ4v) is 3.20. The molecule has 2 rings (SSSR count). The third-order valence-electron chi connectivity index (χ3n) is 4.75. The van der Waals surface area contributed by atoms with E-state index in [1.807, 2.05) is 0 Å². The molecule has 1 aliphatic rings. The molecule has 1 saturated heterocycles. The van der Waals surface area contributed by atoms with Gasteiger partial charge in [-0.05, 0) is 55.6 Å². The number of nitrogens with one attached hydrogen (secondary N) is 1. The summed E-state index contributed by atoms with van der Waals surface area (Å²) in [6, 6.07) is 2.51. The third kappa shape index (κ3) is 7.14. The first-order chi connectivity index (χ1) is 13.4. The van der Waals surface area contributed by atoms with E-state index in [1.165, 1.54) is 4.90 Å². The van der Waals surface area contributed by atoms with Gasteiger partial charge in [0.1, 0.15) is 6.67 Å². The molecule has 164 valence electrons. The van der Waals surface area contributed by atoms with Gasteiger partial charge in [0.25, 0.3) is 0 Å². The van der Waals surface area contributed by atoms with E-state index >= 15 is 0 Å². The van der Waals surface area contributed by atoms with Crippen LogP contribution < -0.4 is 5.32 Å². The van der Waals surface area contributed by atoms with Crippen molar-refractivity contribution < 1.29 is 40.6 Å². The zero-order valence-electron chi connectivity index (χ0n) is 15.3. The Morgan fingerprint density at radius 3 is 2.28 bits per heavy atom. The maximum Gasteiger partial charge on any atom is 0.416 e. The first-order valence-corrected chi connectivity index (χ1v) is 8.92. The van der Waals surface area contributed by atoms with Gasteiger partial charge in [-0.2, -0.15) is 26.3 Å². The summed E-state index contributed by atoms with van der Waals surface area (Å²) >= 11 is 0. The van der Waals surface area contributed by atoms with E-state index in [1.54, 1.807) is 0 Å². The predicted octanol–water partition coefficient (Wildman–Crippen LogP) is 4.14. The summed E-state index contributed by atoms with van der Waals surface area (Å²) in [6.45, 7) is -1.13. The van der Waals surface area contributed by atoms with Crippen LogP contribution >= 0.6 is 0 Å². The number of anilines is 1. The summed E-state index contributed by atoms with van der Waals surface area (Å²) in [4.78, 5) is 13.6. The number of β-amino-alcohol motifs (C(OH)–C–C–N with tert-alkyl or cyclic N) is 1. The molecule has 1 atom stereocenters. The molecule has 1 aromatic carbocycles. The SMILES string of the molecule is O=C(CC1CCN(CC(O)C(F)(F)F)CC1)Nc1cc(CF)cc(C(F)(F)F)c1. The number of alkyl halides is 7. The summed E-state index contributed by atoms with van der Waals surface area (Å²) in [7, 11) is 0. The lowest BCUT2D eigenvalue weighted by Crippen LogP contribution is -2.44. The second-order valence-corrected chi connectivity index (χ2v) is 7.10. The van der Waals surface area contributed by atoms with Crippen LogP contribution in [0.25, 0.3) is 0 Å². The minimum absolute atomic E-state index is 0.0170. The monoisotopic (exact) mass is 430 g/mol. The smallest absolute Gasteiger partial charge is 0.382 e. The van der Waals surface area contributed by atoms with Crippen molar-refractivity contribution in [2.75, 3.05) is 25.0 Å². The molecule has 0 saturated carbocycles. The number of carbonyl (C=O) groups excluding carboxylic acids is 1. The standard InChI is InChI=1S/C18H21F7N2O2/c19-9-12-5-13(17(20,21)22)8-14(6-12)26-16(29)7-11-1-3-27(4-2-11)10-15(28)18(23,24)25/h5-6,8,11,15,28H,1-4,7,9-10H2,(H,26,29). The van der Waals surface area contributed by atoms with Gasteiger partial charge in [0, 0.05) is 18.7 Å². The van der Waals surface area contributed by atoms with Crippen molar-refractivity contribution in [1.82, 2.24) is 4.90 Å². The van der Waals surface area contributed by atoms with Gasteiger partial charge < -0.3 is 15.3 Å². The van der Waals surface area contributed by atoms with Crippen molar-refractivity contribution in [3.63, 3.8) is 0 Å². The summed E-state index contributed by atoms with van der Waals surface area (Å²) in [5.41, 5.74) is -1.45. The highest BCUT2D eigenvalue weighted by atomic mass is 19.4. The van der Waals surface area contributed by atoms with Crippen molar-refractivity contribution in [2.24, 2.45) is 5.92 Å². The highest BCUT2D eigenvalue weighted by Crippen LogP contribution is 2.32. The van der Waals surface area contributed by atoms with Crippen LogP contribution in [0.15, 0.2) is 18.2 Å². The molecule has 29 heavy (non-hydrogen) atoms. The van der Waals surface area contributed by atoms with E-state index in [-0.39, 0.29) is 36.7 Å². The van der Waals surface area contributed by atoms with Crippen molar-refractivity contribution in [2.45, 2.75) is 44.4 Å². The number of nitrogens with zero attached hydrogens (tertiary/aromatic N) is 1. The molecule has 0 spiro atoms. The van der Waals surface area contributed by atoms with Crippen LogP contribution in [0.2, 0.25) is 0 Å². The van der Waals surface area contributed by atoms with Crippen LogP contribution in [0.1, 0.15) is 30.4 Å². The molecular weight excluding hydrogens is 409 g/mol. The number of carbonyl (C=O) groups is 1. The lowest BCUT2D eigenvalue weighted by molar-refractivity contribution is -0.208. The topological polar surface area (TPSA) is 52.6 Å². The number of hydrogen-bond donors (Lipinski definition) is 2. The quantitative estimate of drug-likeness (QED) is 0.668. The highest BCUT2D eigenvalue weighted by molar-refractivity contribution is 5.91. The van der Waals surface area contributed by atoms with Gasteiger partial charge in [-0.15, -0.1) is 0 Å². The zero-order valence-corrected chi connectivity index (χ0v) is 15.3. The Balaban J connectivity index is 1.88. The Bertz CT molecular complexity index is 698. The fourth-order valence-electron chi connectivity index (χ4n) is 3.20. The van der Waals surface area contributed by atoms with E-state index in [0.717, 1.165) is 12.1 Å². The predicted molar refractivity (Wildman–Crippen MR) is 90.7 cm³/mol. The highest BCUT2D eigenvalue weighted by Gasteiger charge is 2.39. The molecule has 4 nitrogen and oxygen atoms in total. The van der Waals surface area contributed by atoms with Gasteiger partial charge >= 0.3 is 12.4 Å². The molecule has 1 aliphatic heterocycles. The summed E-state index contributed by atoms with van der Waals surface area (Å²) < 4.78 is 88.6. The Kier molecular flexibility index (Phi) is 7.50. The van der Waals surface area contributed by atoms with E-state index in [9.17, 15) is 35.5 Å². The van der Waals surface area contributed by atoms with Crippen molar-refractivity contribution >= 4 is 11.6 Å². The molecule has 1 aromatic rings. The maximum absolute atomic E-state index is 12.9. The molecule has 1 unspecified atom stereocenters. The van der Waals surface area contributed by atoms with Crippen LogP contribution in [0.3, 0.4) is 0 Å². The van der Waals surface area contributed by atoms with Gasteiger partial charge in [-0.3, -0.25) is 4.79 Å². The first kappa shape index (κ1) is 23.4. The number of likely N-dealkylation sites (tertiary alicyclic amines) is 1. The van der Waals surface area contributed by atoms with E-state index in [2.05, 4.69) is 5.32 Å². The number of piperidine rings is 1. The maximum atomic E-state index is 12.9. The lowest BCUT2D eigenvalue weighted by atomic mass is 9.93. The van der Waals surface area contributed by atoms with Gasteiger partial charge in [0.2, 0.25) is 5.91 Å². The van der Waals surface area contributed by atoms with Crippen LogP contribution in [-0.4, -0.2) is 47.8 Å². The lowest BCUT2D eigenvalue weighted by Gasteiger charge is -2.33. The Hall–Kier alpha value is -1.88. The normalized spacial score (nSPS) is 17.9. The summed E-state index contributed by atoms with van der Waals surface area (Å²) in [5.74, 6) is -0.705. The molecular formula is C18H21F7N2O2. The van der Waals surface area contributed by atoms with Crippen molar-refractivity contribution in [3.05, 3.63) is 29.3 Å². The molecule has 0 aliphatic carbocycles. The second kappa shape index (κ2) is 9.29. The Labute approximate surface area is 162 Å². The van der Waals surface area contributed by atoms with E-state index in [4.69, 9.17) is 5.11 Å². The average Bonchev–Trinajstić information content (AvgIpc) is 2.61. The van der Waals surface area contributed by atoms with Gasteiger partial charge in [0.05, 0.1) is 5.56 Å². The number of aliphatic hydroxyl groups is 1.